The molecule has 0 aliphatic rings. The summed E-state index contributed by atoms with van der Waals surface area (Å²) in [5, 5.41) is 0.885. The first-order valence-corrected chi connectivity index (χ1v) is 5.84. The zero-order chi connectivity index (χ0) is 14.0. The molecular weight excluding hydrogens is 254 g/mol. The average Bonchev–Trinajstić information content (AvgIpc) is 2.85. The summed E-state index contributed by atoms with van der Waals surface area (Å²) in [5.41, 5.74) is 6.36. The number of ether oxygens (including phenoxy) is 1. The molecule has 0 bridgehead atoms. The number of benzene rings is 1. The van der Waals surface area contributed by atoms with E-state index in [-0.39, 0.29) is 12.2 Å². The van der Waals surface area contributed by atoms with Gasteiger partial charge in [-0.3, -0.25) is 0 Å². The van der Waals surface area contributed by atoms with E-state index in [1.807, 2.05) is 6.07 Å². The monoisotopic (exact) mass is 268 g/mol. The Balaban J connectivity index is 2.31. The summed E-state index contributed by atoms with van der Waals surface area (Å²) < 4.78 is 31.9. The Morgan fingerprint density at radius 1 is 1.47 bits per heavy atom. The Kier molecular flexibility index (Phi) is 3.53. The number of halogens is 2. The van der Waals surface area contributed by atoms with Crippen LogP contribution in [0.25, 0.3) is 10.9 Å². The van der Waals surface area contributed by atoms with Crippen molar-refractivity contribution in [1.82, 2.24) is 4.98 Å². The number of H-pyrrole nitrogens is 1. The normalized spacial score (nSPS) is 13.5. The van der Waals surface area contributed by atoms with Crippen LogP contribution < -0.4 is 5.73 Å². The Labute approximate surface area is 108 Å². The molecule has 6 heteroatoms. The van der Waals surface area contributed by atoms with Gasteiger partial charge in [-0.1, -0.05) is 12.1 Å². The first-order chi connectivity index (χ1) is 8.96. The summed E-state index contributed by atoms with van der Waals surface area (Å²) in [6.45, 7) is 1.35. The first kappa shape index (κ1) is 13.5. The van der Waals surface area contributed by atoms with Gasteiger partial charge < -0.3 is 15.5 Å². The number of carbonyl (C=O) groups excluding carboxylic acids is 1. The fourth-order valence-corrected chi connectivity index (χ4v) is 1.82. The van der Waals surface area contributed by atoms with Gasteiger partial charge in [0.1, 0.15) is 6.04 Å². The summed E-state index contributed by atoms with van der Waals surface area (Å²) in [6, 6.07) is 4.73. The molecule has 1 atom stereocenters. The number of fused-ring (bicyclic) bond motifs is 1. The quantitative estimate of drug-likeness (QED) is 0.836. The Bertz CT molecular complexity index is 595. The molecule has 102 valence electrons. The summed E-state index contributed by atoms with van der Waals surface area (Å²) >= 11 is 0. The van der Waals surface area contributed by atoms with Crippen molar-refractivity contribution in [3.63, 3.8) is 0 Å². The second-order valence-electron chi connectivity index (χ2n) is 4.15. The molecule has 19 heavy (non-hydrogen) atoms. The van der Waals surface area contributed by atoms with Crippen molar-refractivity contribution in [2.24, 2.45) is 5.73 Å². The van der Waals surface area contributed by atoms with Crippen molar-refractivity contribution >= 4 is 16.9 Å². The van der Waals surface area contributed by atoms with E-state index in [1.54, 1.807) is 12.3 Å². The zero-order valence-electron chi connectivity index (χ0n) is 10.3. The molecule has 0 unspecified atom stereocenters. The molecule has 4 nitrogen and oxygen atoms in total. The summed E-state index contributed by atoms with van der Waals surface area (Å²) in [5.74, 6) is -5.36. The number of aromatic nitrogens is 1. The van der Waals surface area contributed by atoms with E-state index in [4.69, 9.17) is 5.73 Å². The summed E-state index contributed by atoms with van der Waals surface area (Å²) in [7, 11) is 0. The van der Waals surface area contributed by atoms with Crippen LogP contribution >= 0.6 is 0 Å². The van der Waals surface area contributed by atoms with Crippen LogP contribution in [0.4, 0.5) is 8.78 Å². The van der Waals surface area contributed by atoms with Crippen LogP contribution in [0.3, 0.4) is 0 Å². The highest BCUT2D eigenvalue weighted by Gasteiger charge is 2.47. The first-order valence-electron chi connectivity index (χ1n) is 5.84. The topological polar surface area (TPSA) is 68.1 Å². The third-order valence-electron chi connectivity index (χ3n) is 2.88. The van der Waals surface area contributed by atoms with E-state index in [1.165, 1.54) is 19.1 Å². The standard InChI is InChI=1S/C13H14F2N2O2/c1-2-19-12(18)13(14,15)11(16)9-4-3-8-5-6-17-10(8)7-9/h3-7,11,17H,2,16H2,1H3/t11-/m1/s1. The van der Waals surface area contributed by atoms with Gasteiger partial charge in [-0.2, -0.15) is 8.78 Å². The lowest BCUT2D eigenvalue weighted by Crippen LogP contribution is -2.41. The zero-order valence-corrected chi connectivity index (χ0v) is 10.3. The lowest BCUT2D eigenvalue weighted by atomic mass is 10.0. The Morgan fingerprint density at radius 2 is 2.21 bits per heavy atom. The second-order valence-corrected chi connectivity index (χ2v) is 4.15. The van der Waals surface area contributed by atoms with Gasteiger partial charge in [0, 0.05) is 11.7 Å². The number of aromatic amines is 1. The van der Waals surface area contributed by atoms with Crippen molar-refractivity contribution in [1.29, 1.82) is 0 Å². The van der Waals surface area contributed by atoms with Crippen molar-refractivity contribution in [2.45, 2.75) is 18.9 Å². The lowest BCUT2D eigenvalue weighted by Gasteiger charge is -2.21. The van der Waals surface area contributed by atoms with Crippen molar-refractivity contribution in [3.8, 4) is 0 Å². The molecule has 0 aliphatic heterocycles. The maximum absolute atomic E-state index is 13.8. The van der Waals surface area contributed by atoms with Gasteiger partial charge in [0.2, 0.25) is 0 Å². The Hall–Kier alpha value is -1.95. The molecule has 0 fully saturated rings. The van der Waals surface area contributed by atoms with Gasteiger partial charge >= 0.3 is 11.9 Å². The molecule has 1 heterocycles. The highest BCUT2D eigenvalue weighted by atomic mass is 19.3. The van der Waals surface area contributed by atoms with Crippen LogP contribution in [0.5, 0.6) is 0 Å². The minimum atomic E-state index is -3.75. The molecule has 0 radical (unpaired) electrons. The Morgan fingerprint density at radius 3 is 2.89 bits per heavy atom. The highest BCUT2D eigenvalue weighted by Crippen LogP contribution is 2.31. The highest BCUT2D eigenvalue weighted by molar-refractivity contribution is 5.82. The fraction of sp³-hybridized carbons (Fsp3) is 0.308. The third-order valence-corrected chi connectivity index (χ3v) is 2.88. The number of esters is 1. The largest absolute Gasteiger partial charge is 0.462 e. The molecule has 0 saturated heterocycles. The average molecular weight is 268 g/mol. The number of hydrogen-bond acceptors (Lipinski definition) is 3. The number of hydrogen-bond donors (Lipinski definition) is 2. The van der Waals surface area contributed by atoms with Crippen LogP contribution in [-0.4, -0.2) is 23.5 Å². The van der Waals surface area contributed by atoms with E-state index < -0.39 is 17.9 Å². The molecule has 0 amide bonds. The minimum Gasteiger partial charge on any atom is -0.462 e. The van der Waals surface area contributed by atoms with Gasteiger partial charge in [-0.05, 0) is 30.0 Å². The van der Waals surface area contributed by atoms with E-state index in [0.29, 0.717) is 5.52 Å². The number of carbonyl (C=O) groups is 1. The minimum absolute atomic E-state index is 0.114. The maximum atomic E-state index is 13.8. The fourth-order valence-electron chi connectivity index (χ4n) is 1.82. The van der Waals surface area contributed by atoms with Crippen LogP contribution in [0.1, 0.15) is 18.5 Å². The summed E-state index contributed by atoms with van der Waals surface area (Å²) in [6.07, 6.45) is 1.70. The summed E-state index contributed by atoms with van der Waals surface area (Å²) in [4.78, 5) is 14.1. The van der Waals surface area contributed by atoms with Gasteiger partial charge in [0.15, 0.2) is 0 Å². The van der Waals surface area contributed by atoms with Crippen LogP contribution in [-0.2, 0) is 9.53 Å². The van der Waals surface area contributed by atoms with Gasteiger partial charge in [-0.15, -0.1) is 0 Å². The van der Waals surface area contributed by atoms with Crippen LogP contribution in [0, 0.1) is 0 Å². The predicted molar refractivity (Wildman–Crippen MR) is 66.8 cm³/mol. The van der Waals surface area contributed by atoms with Gasteiger partial charge in [-0.25, -0.2) is 4.79 Å². The number of rotatable bonds is 4. The lowest BCUT2D eigenvalue weighted by molar-refractivity contribution is -0.174. The van der Waals surface area contributed by atoms with E-state index in [2.05, 4.69) is 9.72 Å². The molecule has 3 N–H and O–H groups in total. The SMILES string of the molecule is CCOC(=O)C(F)(F)[C@H](N)c1ccc2cc[nH]c2c1. The predicted octanol–water partition coefficient (Wildman–Crippen LogP) is 2.37. The van der Waals surface area contributed by atoms with E-state index >= 15 is 0 Å². The van der Waals surface area contributed by atoms with Crippen LogP contribution in [0.15, 0.2) is 30.5 Å². The number of nitrogens with two attached hydrogens (primary N) is 1. The smallest absolute Gasteiger partial charge is 0.379 e. The van der Waals surface area contributed by atoms with Gasteiger partial charge in [0.05, 0.1) is 6.61 Å². The number of nitrogens with one attached hydrogen (secondary N) is 1. The molecule has 0 aliphatic carbocycles. The van der Waals surface area contributed by atoms with Crippen molar-refractivity contribution < 1.29 is 18.3 Å². The molecule has 0 spiro atoms. The third kappa shape index (κ3) is 2.44. The van der Waals surface area contributed by atoms with Gasteiger partial charge in [0.25, 0.3) is 0 Å². The molecule has 2 aromatic rings. The molecular formula is C13H14F2N2O2. The molecule has 0 saturated carbocycles. The second kappa shape index (κ2) is 4.97. The van der Waals surface area contributed by atoms with Crippen molar-refractivity contribution in [3.05, 3.63) is 36.0 Å². The molecule has 1 aromatic carbocycles. The van der Waals surface area contributed by atoms with Crippen molar-refractivity contribution in [2.75, 3.05) is 6.61 Å². The molecule has 1 aromatic heterocycles. The van der Waals surface area contributed by atoms with E-state index in [9.17, 15) is 13.6 Å². The van der Waals surface area contributed by atoms with E-state index in [0.717, 1.165) is 5.39 Å². The van der Waals surface area contributed by atoms with Crippen LogP contribution in [0.2, 0.25) is 0 Å². The maximum Gasteiger partial charge on any atom is 0.379 e. The molecule has 2 rings (SSSR count). The number of alkyl halides is 2.